The van der Waals surface area contributed by atoms with E-state index in [-0.39, 0.29) is 25.6 Å². The Morgan fingerprint density at radius 3 is 2.26 bits per heavy atom. The van der Waals surface area contributed by atoms with Gasteiger partial charge in [-0.05, 0) is 79.1 Å². The second-order valence-corrected chi connectivity index (χ2v) is 12.9. The minimum Gasteiger partial charge on any atom is -0.310 e. The van der Waals surface area contributed by atoms with Crippen LogP contribution in [0.3, 0.4) is 0 Å². The zero-order chi connectivity index (χ0) is 25.1. The lowest BCUT2D eigenvalue weighted by Gasteiger charge is -2.16. The molecule has 1 heterocycles. The first kappa shape index (κ1) is 25.5. The van der Waals surface area contributed by atoms with Crippen LogP contribution in [0, 0.1) is 0 Å². The summed E-state index contributed by atoms with van der Waals surface area (Å²) in [6, 6.07) is 16.4. The van der Waals surface area contributed by atoms with Gasteiger partial charge in [-0.15, -0.1) is 0 Å². The molecule has 1 aliphatic carbocycles. The van der Waals surface area contributed by atoms with Crippen LogP contribution in [0.4, 0.5) is 0 Å². The number of nitrogens with zero attached hydrogens (tertiary/aromatic N) is 1. The summed E-state index contributed by atoms with van der Waals surface area (Å²) in [4.78, 5) is 3.63. The van der Waals surface area contributed by atoms with Gasteiger partial charge in [0.1, 0.15) is 0 Å². The van der Waals surface area contributed by atoms with E-state index in [2.05, 4.69) is 24.1 Å². The van der Waals surface area contributed by atoms with E-state index in [1.54, 1.807) is 42.5 Å². The van der Waals surface area contributed by atoms with Crippen LogP contribution in [0.15, 0.2) is 86.6 Å². The van der Waals surface area contributed by atoms with E-state index < -0.39 is 19.7 Å². The maximum atomic E-state index is 13.6. The molecule has 1 saturated carbocycles. The van der Waals surface area contributed by atoms with Gasteiger partial charge in [0.2, 0.25) is 19.7 Å². The summed E-state index contributed by atoms with van der Waals surface area (Å²) in [7, 11) is -8.20. The van der Waals surface area contributed by atoms with Crippen molar-refractivity contribution in [3.8, 4) is 0 Å². The zero-order valence-electron chi connectivity index (χ0n) is 20.1. The van der Waals surface area contributed by atoms with Gasteiger partial charge in [-0.3, -0.25) is 0 Å². The van der Waals surface area contributed by atoms with E-state index in [4.69, 9.17) is 0 Å². The van der Waals surface area contributed by atoms with Crippen LogP contribution in [-0.2, 0) is 26.2 Å². The molecule has 1 aromatic heterocycles. The van der Waals surface area contributed by atoms with E-state index in [0.717, 1.165) is 43.2 Å². The summed E-state index contributed by atoms with van der Waals surface area (Å²) in [5, 5.41) is 3.35. The molecule has 1 N–H and O–H groups in total. The van der Waals surface area contributed by atoms with Crippen molar-refractivity contribution in [3.05, 3.63) is 78.0 Å². The van der Waals surface area contributed by atoms with Gasteiger partial charge in [-0.2, -0.15) is 0 Å². The summed E-state index contributed by atoms with van der Waals surface area (Å²) in [5.74, 6) is 0.274. The van der Waals surface area contributed by atoms with Gasteiger partial charge in [0.05, 0.1) is 14.7 Å². The SMILES string of the molecule is CCCC(CC)NCc1ccc(S(=O)(=O)c2ccc(C3CC3)cc2S(=O)(=O)c2ccccn2)cc1. The number of nitrogens with one attached hydrogen (secondary N) is 1. The largest absolute Gasteiger partial charge is 0.310 e. The van der Waals surface area contributed by atoms with E-state index in [1.165, 1.54) is 24.4 Å². The minimum atomic E-state index is -4.12. The van der Waals surface area contributed by atoms with Gasteiger partial charge in [0.15, 0.2) is 5.03 Å². The molecule has 0 aliphatic heterocycles. The predicted molar refractivity (Wildman–Crippen MR) is 136 cm³/mol. The third kappa shape index (κ3) is 5.66. The Balaban J connectivity index is 1.68. The maximum Gasteiger partial charge on any atom is 0.225 e. The molecule has 4 rings (SSSR count). The molecule has 35 heavy (non-hydrogen) atoms. The summed E-state index contributed by atoms with van der Waals surface area (Å²) in [6.07, 6.45) is 6.57. The monoisotopic (exact) mass is 512 g/mol. The number of hydrogen-bond donors (Lipinski definition) is 1. The van der Waals surface area contributed by atoms with Crippen molar-refractivity contribution in [2.24, 2.45) is 0 Å². The lowest BCUT2D eigenvalue weighted by atomic mass is 10.1. The van der Waals surface area contributed by atoms with Crippen molar-refractivity contribution in [2.45, 2.75) is 84.2 Å². The topological polar surface area (TPSA) is 93.2 Å². The average molecular weight is 513 g/mol. The van der Waals surface area contributed by atoms with Crippen LogP contribution in [0.5, 0.6) is 0 Å². The minimum absolute atomic E-state index is 0.0680. The van der Waals surface area contributed by atoms with E-state index in [1.807, 2.05) is 0 Å². The van der Waals surface area contributed by atoms with Gasteiger partial charge >= 0.3 is 0 Å². The third-order valence-electron chi connectivity index (χ3n) is 6.47. The zero-order valence-corrected chi connectivity index (χ0v) is 21.8. The molecule has 3 aromatic rings. The lowest BCUT2D eigenvalue weighted by Crippen LogP contribution is -2.27. The molecule has 0 saturated heterocycles. The quantitative estimate of drug-likeness (QED) is 0.375. The molecular formula is C27H32N2O4S2. The molecule has 0 bridgehead atoms. The Labute approximate surface area is 208 Å². The Bertz CT molecular complexity index is 1370. The highest BCUT2D eigenvalue weighted by Gasteiger charge is 2.33. The summed E-state index contributed by atoms with van der Waals surface area (Å²) >= 11 is 0. The molecule has 1 aliphatic rings. The second kappa shape index (κ2) is 10.6. The fourth-order valence-electron chi connectivity index (χ4n) is 4.22. The van der Waals surface area contributed by atoms with Crippen molar-refractivity contribution < 1.29 is 16.8 Å². The van der Waals surface area contributed by atoms with E-state index >= 15 is 0 Å². The molecule has 2 aromatic carbocycles. The van der Waals surface area contributed by atoms with E-state index in [9.17, 15) is 16.8 Å². The number of hydrogen-bond acceptors (Lipinski definition) is 6. The Morgan fingerprint density at radius 2 is 1.66 bits per heavy atom. The summed E-state index contributed by atoms with van der Waals surface area (Å²) in [6.45, 7) is 4.95. The first-order valence-electron chi connectivity index (χ1n) is 12.1. The standard InChI is InChI=1S/C27H32N2O4S2/c1-3-7-23(4-2)29-19-20-9-14-24(15-10-20)34(30,31)25-16-13-22(21-11-12-21)18-26(25)35(32,33)27-8-5-6-17-28-27/h5-6,8-10,13-18,21,23,29H,3-4,7,11-12,19H2,1-2H3. The average Bonchev–Trinajstić information content (AvgIpc) is 3.72. The second-order valence-electron chi connectivity index (χ2n) is 9.07. The predicted octanol–water partition coefficient (Wildman–Crippen LogP) is 5.29. The first-order valence-corrected chi connectivity index (χ1v) is 15.1. The van der Waals surface area contributed by atoms with Crippen LogP contribution < -0.4 is 5.32 Å². The van der Waals surface area contributed by atoms with Gasteiger partial charge in [0.25, 0.3) is 0 Å². The molecule has 8 heteroatoms. The highest BCUT2D eigenvalue weighted by Crippen LogP contribution is 2.42. The fourth-order valence-corrected chi connectivity index (χ4v) is 7.50. The molecule has 1 fully saturated rings. The van der Waals surface area contributed by atoms with E-state index in [0.29, 0.717) is 12.6 Å². The molecule has 0 radical (unpaired) electrons. The normalized spacial score (nSPS) is 15.1. The fraction of sp³-hybridized carbons (Fsp3) is 0.370. The van der Waals surface area contributed by atoms with Crippen molar-refractivity contribution in [1.29, 1.82) is 0 Å². The molecular weight excluding hydrogens is 480 g/mol. The third-order valence-corrected chi connectivity index (χ3v) is 10.1. The first-order chi connectivity index (χ1) is 16.8. The summed E-state index contributed by atoms with van der Waals surface area (Å²) < 4.78 is 54.2. The van der Waals surface area contributed by atoms with Crippen LogP contribution in [0.2, 0.25) is 0 Å². The number of benzene rings is 2. The highest BCUT2D eigenvalue weighted by atomic mass is 32.2. The van der Waals surface area contributed by atoms with Crippen molar-refractivity contribution in [1.82, 2.24) is 10.3 Å². The Hall–Kier alpha value is -2.55. The highest BCUT2D eigenvalue weighted by molar-refractivity contribution is 7.94. The molecule has 6 nitrogen and oxygen atoms in total. The Morgan fingerprint density at radius 1 is 0.914 bits per heavy atom. The van der Waals surface area contributed by atoms with Crippen LogP contribution in [-0.4, -0.2) is 27.9 Å². The number of rotatable bonds is 11. The maximum absolute atomic E-state index is 13.6. The number of sulfone groups is 2. The number of pyridine rings is 1. The number of aromatic nitrogens is 1. The van der Waals surface area contributed by atoms with Gasteiger partial charge in [0, 0.05) is 18.8 Å². The van der Waals surface area contributed by atoms with Crippen molar-refractivity contribution >= 4 is 19.7 Å². The van der Waals surface area contributed by atoms with Crippen LogP contribution in [0.1, 0.15) is 63.0 Å². The van der Waals surface area contributed by atoms with Gasteiger partial charge < -0.3 is 5.32 Å². The summed E-state index contributed by atoms with van der Waals surface area (Å²) in [5.41, 5.74) is 1.82. The molecule has 1 atom stereocenters. The smallest absolute Gasteiger partial charge is 0.225 e. The van der Waals surface area contributed by atoms with Gasteiger partial charge in [-0.1, -0.05) is 44.5 Å². The van der Waals surface area contributed by atoms with Crippen molar-refractivity contribution in [2.75, 3.05) is 0 Å². The Kier molecular flexibility index (Phi) is 7.73. The molecule has 1 unspecified atom stereocenters. The van der Waals surface area contributed by atoms with Gasteiger partial charge in [-0.25, -0.2) is 21.8 Å². The molecule has 0 spiro atoms. The molecule has 186 valence electrons. The van der Waals surface area contributed by atoms with Crippen LogP contribution in [0.25, 0.3) is 0 Å². The molecule has 0 amide bonds. The lowest BCUT2D eigenvalue weighted by molar-refractivity contribution is 0.462. The van der Waals surface area contributed by atoms with Crippen LogP contribution >= 0.6 is 0 Å². The van der Waals surface area contributed by atoms with Crippen molar-refractivity contribution in [3.63, 3.8) is 0 Å².